The number of aromatic amines is 1. The van der Waals surface area contributed by atoms with Crippen LogP contribution in [0.1, 0.15) is 10.5 Å². The molecule has 0 aliphatic heterocycles. The van der Waals surface area contributed by atoms with E-state index in [9.17, 15) is 9.59 Å². The molecule has 4 heterocycles. The number of fused-ring (bicyclic) bond motifs is 1. The van der Waals surface area contributed by atoms with Crippen LogP contribution in [0.3, 0.4) is 0 Å². The van der Waals surface area contributed by atoms with Gasteiger partial charge >= 0.3 is 0 Å². The number of H-pyrrole nitrogens is 1. The van der Waals surface area contributed by atoms with Gasteiger partial charge in [0.25, 0.3) is 5.91 Å². The third-order valence-electron chi connectivity index (χ3n) is 4.80. The number of rotatable bonds is 4. The largest absolute Gasteiger partial charge is 0.318 e. The summed E-state index contributed by atoms with van der Waals surface area (Å²) >= 11 is 2.27. The summed E-state index contributed by atoms with van der Waals surface area (Å²) in [5.74, 6) is -0.131. The normalized spacial score (nSPS) is 11.1. The maximum absolute atomic E-state index is 12.4. The van der Waals surface area contributed by atoms with Crippen LogP contribution in [0.25, 0.3) is 28.2 Å². The number of amides is 1. The Morgan fingerprint density at radius 1 is 1.03 bits per heavy atom. The number of aromatic nitrogens is 6. The summed E-state index contributed by atoms with van der Waals surface area (Å²) in [6.07, 6.45) is 3.55. The van der Waals surface area contributed by atoms with Crippen molar-refractivity contribution in [2.45, 2.75) is 0 Å². The van der Waals surface area contributed by atoms with Gasteiger partial charge in [-0.05, 0) is 52.9 Å². The Labute approximate surface area is 195 Å². The van der Waals surface area contributed by atoms with Gasteiger partial charge in [-0.3, -0.25) is 14.3 Å². The highest BCUT2D eigenvalue weighted by atomic mass is 127. The summed E-state index contributed by atoms with van der Waals surface area (Å²) < 4.78 is 4.51. The monoisotopic (exact) mass is 537 g/mol. The molecule has 0 bridgehead atoms. The van der Waals surface area contributed by atoms with Gasteiger partial charge in [0.2, 0.25) is 5.56 Å². The summed E-state index contributed by atoms with van der Waals surface area (Å²) in [7, 11) is 1.87. The molecule has 2 N–H and O–H groups in total. The molecule has 0 atom stereocenters. The zero-order valence-electron chi connectivity index (χ0n) is 16.8. The fourth-order valence-electron chi connectivity index (χ4n) is 3.35. The van der Waals surface area contributed by atoms with Crippen LogP contribution in [-0.4, -0.2) is 35.3 Å². The quantitative estimate of drug-likeness (QED) is 0.342. The standard InChI is InChI=1S/C22H16IN7O2/c1-29-11-15(21(28-29)13-5-7-14(23)8-6-13)16-9-10-19-25-18(12-30(19)27-16)26-22(32)17-3-2-4-20(31)24-17/h2-12H,1H3,(H,24,31)(H,26,32). The molecule has 0 saturated heterocycles. The van der Waals surface area contributed by atoms with Crippen LogP contribution in [0.5, 0.6) is 0 Å². The summed E-state index contributed by atoms with van der Waals surface area (Å²) in [6, 6.07) is 16.2. The van der Waals surface area contributed by atoms with Crippen molar-refractivity contribution in [3.8, 4) is 22.5 Å². The molecule has 158 valence electrons. The lowest BCUT2D eigenvalue weighted by Gasteiger charge is -2.03. The van der Waals surface area contributed by atoms with Crippen molar-refractivity contribution in [3.05, 3.63) is 86.6 Å². The number of aryl methyl sites for hydroxylation is 1. The molecule has 1 amide bonds. The maximum atomic E-state index is 12.4. The van der Waals surface area contributed by atoms with Gasteiger partial charge in [0.15, 0.2) is 11.5 Å². The second kappa shape index (κ2) is 8.04. The van der Waals surface area contributed by atoms with Gasteiger partial charge in [-0.1, -0.05) is 18.2 Å². The number of hydrogen-bond donors (Lipinski definition) is 2. The van der Waals surface area contributed by atoms with Crippen molar-refractivity contribution < 1.29 is 4.79 Å². The number of anilines is 1. The van der Waals surface area contributed by atoms with Crippen molar-refractivity contribution in [2.75, 3.05) is 5.32 Å². The molecule has 0 saturated carbocycles. The first-order valence-corrected chi connectivity index (χ1v) is 10.7. The average Bonchev–Trinajstić information content (AvgIpc) is 3.36. The van der Waals surface area contributed by atoms with Crippen LogP contribution in [0, 0.1) is 3.57 Å². The van der Waals surface area contributed by atoms with Gasteiger partial charge in [-0.25, -0.2) is 9.50 Å². The van der Waals surface area contributed by atoms with E-state index in [2.05, 4.69) is 48.1 Å². The van der Waals surface area contributed by atoms with Crippen LogP contribution >= 0.6 is 22.6 Å². The molecule has 9 nitrogen and oxygen atoms in total. The summed E-state index contributed by atoms with van der Waals surface area (Å²) in [5, 5.41) is 12.0. The first-order chi connectivity index (χ1) is 15.5. The highest BCUT2D eigenvalue weighted by Crippen LogP contribution is 2.30. The molecule has 0 fully saturated rings. The maximum Gasteiger partial charge on any atom is 0.273 e. The van der Waals surface area contributed by atoms with Gasteiger partial charge in [-0.2, -0.15) is 10.2 Å². The van der Waals surface area contributed by atoms with Crippen molar-refractivity contribution in [1.29, 1.82) is 0 Å². The molecule has 0 radical (unpaired) electrons. The van der Waals surface area contributed by atoms with Gasteiger partial charge in [0, 0.05) is 34.0 Å². The number of pyridine rings is 1. The van der Waals surface area contributed by atoms with Crippen LogP contribution in [-0.2, 0) is 7.05 Å². The van der Waals surface area contributed by atoms with Gasteiger partial charge in [-0.15, -0.1) is 0 Å². The molecule has 0 unspecified atom stereocenters. The SMILES string of the molecule is Cn1cc(-c2ccc3nc(NC(=O)c4cccc(=O)[nH]4)cn3n2)c(-c2ccc(I)cc2)n1. The number of carbonyl (C=O) groups is 1. The van der Waals surface area contributed by atoms with Crippen LogP contribution < -0.4 is 10.9 Å². The van der Waals surface area contributed by atoms with E-state index in [1.165, 1.54) is 18.2 Å². The number of nitrogens with zero attached hydrogens (tertiary/aromatic N) is 5. The highest BCUT2D eigenvalue weighted by Gasteiger charge is 2.15. The number of benzene rings is 1. The zero-order chi connectivity index (χ0) is 22.2. The van der Waals surface area contributed by atoms with Gasteiger partial charge in [0.1, 0.15) is 11.4 Å². The molecule has 5 aromatic rings. The highest BCUT2D eigenvalue weighted by molar-refractivity contribution is 14.1. The topological polar surface area (TPSA) is 110 Å². The molecule has 0 spiro atoms. The lowest BCUT2D eigenvalue weighted by molar-refractivity contribution is 0.102. The molecule has 0 aliphatic rings. The van der Waals surface area contributed by atoms with Crippen LogP contribution in [0.4, 0.5) is 5.82 Å². The Morgan fingerprint density at radius 2 is 1.84 bits per heavy atom. The fraction of sp³-hybridized carbons (Fsp3) is 0.0455. The molecule has 32 heavy (non-hydrogen) atoms. The summed E-state index contributed by atoms with van der Waals surface area (Å²) in [5.41, 5.74) is 3.82. The van der Waals surface area contributed by atoms with Gasteiger partial charge < -0.3 is 10.3 Å². The second-order valence-electron chi connectivity index (χ2n) is 7.10. The summed E-state index contributed by atoms with van der Waals surface area (Å²) in [6.45, 7) is 0. The molecule has 0 aliphatic carbocycles. The van der Waals surface area contributed by atoms with Crippen LogP contribution in [0.15, 0.2) is 71.8 Å². The lowest BCUT2D eigenvalue weighted by atomic mass is 10.1. The molecule has 10 heteroatoms. The van der Waals surface area contributed by atoms with Crippen molar-refractivity contribution in [2.24, 2.45) is 7.05 Å². The van der Waals surface area contributed by atoms with E-state index in [-0.39, 0.29) is 11.3 Å². The molecule has 1 aromatic carbocycles. The van der Waals surface area contributed by atoms with E-state index in [0.717, 1.165) is 26.1 Å². The Kier molecular flexibility index (Phi) is 5.05. The second-order valence-corrected chi connectivity index (χ2v) is 8.35. The third kappa shape index (κ3) is 3.91. The van der Waals surface area contributed by atoms with E-state index in [0.29, 0.717) is 11.5 Å². The predicted molar refractivity (Wildman–Crippen MR) is 128 cm³/mol. The first-order valence-electron chi connectivity index (χ1n) is 9.63. The van der Waals surface area contributed by atoms with Crippen LogP contribution in [0.2, 0.25) is 0 Å². The minimum Gasteiger partial charge on any atom is -0.318 e. The number of carbonyl (C=O) groups excluding carboxylic acids is 1. The molecular weight excluding hydrogens is 521 g/mol. The Balaban J connectivity index is 1.48. The van der Waals surface area contributed by atoms with E-state index in [1.807, 2.05) is 49.6 Å². The number of halogens is 1. The average molecular weight is 537 g/mol. The number of imidazole rings is 1. The van der Waals surface area contributed by atoms with E-state index < -0.39 is 5.91 Å². The number of hydrogen-bond acceptors (Lipinski definition) is 5. The number of nitrogens with one attached hydrogen (secondary N) is 2. The smallest absolute Gasteiger partial charge is 0.273 e. The Hall–Kier alpha value is -3.80. The molecule has 4 aromatic heterocycles. The Bertz CT molecular complexity index is 1520. The minimum atomic E-state index is -0.459. The van der Waals surface area contributed by atoms with E-state index >= 15 is 0 Å². The van der Waals surface area contributed by atoms with Crippen molar-refractivity contribution >= 4 is 40.0 Å². The molecular formula is C22H16IN7O2. The van der Waals surface area contributed by atoms with Crippen molar-refractivity contribution in [3.63, 3.8) is 0 Å². The Morgan fingerprint density at radius 3 is 2.62 bits per heavy atom. The summed E-state index contributed by atoms with van der Waals surface area (Å²) in [4.78, 5) is 30.7. The first kappa shape index (κ1) is 20.1. The third-order valence-corrected chi connectivity index (χ3v) is 5.52. The van der Waals surface area contributed by atoms with E-state index in [1.54, 1.807) is 15.4 Å². The fourth-order valence-corrected chi connectivity index (χ4v) is 3.71. The lowest BCUT2D eigenvalue weighted by Crippen LogP contribution is -2.18. The van der Waals surface area contributed by atoms with Gasteiger partial charge in [0.05, 0.1) is 11.9 Å². The molecule has 5 rings (SSSR count). The predicted octanol–water partition coefficient (Wildman–Crippen LogP) is 3.34. The van der Waals surface area contributed by atoms with Crippen molar-refractivity contribution in [1.82, 2.24) is 29.4 Å². The zero-order valence-corrected chi connectivity index (χ0v) is 18.9. The minimum absolute atomic E-state index is 0.153. The van der Waals surface area contributed by atoms with E-state index in [4.69, 9.17) is 0 Å².